The lowest BCUT2D eigenvalue weighted by Crippen LogP contribution is -2.89. The van der Waals surface area contributed by atoms with Gasteiger partial charge in [0.2, 0.25) is 5.41 Å². The van der Waals surface area contributed by atoms with Gasteiger partial charge in [0, 0.05) is 0 Å². The Morgan fingerprint density at radius 2 is 0.636 bits per heavy atom. The average Bonchev–Trinajstić information content (AvgIpc) is 0.661. The molecule has 0 aromatic heterocycles. The van der Waals surface area contributed by atoms with Gasteiger partial charge in [-0.1, -0.05) is 81.0 Å². The molecule has 572 valence electrons. The lowest BCUT2D eigenvalue weighted by Gasteiger charge is -2.56. The number of halogens is 34. The van der Waals surface area contributed by atoms with Crippen molar-refractivity contribution in [2.24, 2.45) is 0 Å². The summed E-state index contributed by atoms with van der Waals surface area (Å²) in [4.78, 5) is 0. The van der Waals surface area contributed by atoms with Crippen LogP contribution in [0.5, 0.6) is 23.0 Å². The standard InChI is InChI=1S/C45H22F34O12S2.6CH4/c1-27(46)31(51,52)32(53,54)35(27,59)88-25-13-3-17(15-23(25)29(47,48)40(68,69)90-42(72,73)44(76,77)92(80,81)82)18-4-14-26(24(16-18)30(49,50)41(70,71)91-43(74,75)45(78,79)93(83,84)85)89-37(61)34(57,58)33(55,56)36(37,60)87-22-11-7-20(8-12-22)28(38(62,63)64,39(65,66)67)19-5-9-21(86-2)10-6-19;;;;;;/h3-16H,1-2H3,(H,80,81,82)(H,83,84,85);6*1H4. The summed E-state index contributed by atoms with van der Waals surface area (Å²) in [6, 6.07) is -7.00. The van der Waals surface area contributed by atoms with E-state index in [1.807, 2.05) is 9.47 Å². The van der Waals surface area contributed by atoms with E-state index < -0.39 is 256 Å². The molecule has 0 aliphatic heterocycles. The second kappa shape index (κ2) is 26.1. The van der Waals surface area contributed by atoms with Gasteiger partial charge in [0.05, 0.1) is 18.2 Å². The van der Waals surface area contributed by atoms with Crippen molar-refractivity contribution < 1.29 is 204 Å². The molecule has 4 aromatic rings. The van der Waals surface area contributed by atoms with Crippen LogP contribution in [0.3, 0.4) is 0 Å². The van der Waals surface area contributed by atoms with Crippen molar-refractivity contribution in [2.75, 3.05) is 7.11 Å². The number of rotatable bonds is 22. The second-order valence-corrected chi connectivity index (χ2v) is 22.1. The topological polar surface area (TPSA) is 164 Å². The SMILES string of the molecule is C.C.C.C.C.C.COc1ccc(C(c2ccc(OC3(F)C(F)(F)C(F)(F)C3(F)Oc3ccc(-c4ccc(OC5(F)C(C)(F)C(F)(F)C5(F)F)c(C(F)(F)C(F)(F)OC(F)(F)C(F)(F)S(=O)(=O)O)c4)cc3C(F)(F)C(F)(F)OC(F)(F)C(F)(F)S(=O)(=O)O)cc2)(C(F)(F)F)C(F)(F)F)cc1. The van der Waals surface area contributed by atoms with Crippen molar-refractivity contribution in [3.05, 3.63) is 107 Å². The maximum Gasteiger partial charge on any atom is 0.460 e. The van der Waals surface area contributed by atoms with E-state index in [0.29, 0.717) is 12.1 Å². The molecule has 0 radical (unpaired) electrons. The van der Waals surface area contributed by atoms with E-state index in [4.69, 9.17) is 9.11 Å². The molecule has 2 N–H and O–H groups in total. The van der Waals surface area contributed by atoms with Crippen molar-refractivity contribution >= 4 is 20.2 Å². The molecule has 4 atom stereocenters. The number of benzene rings is 4. The summed E-state index contributed by atoms with van der Waals surface area (Å²) in [5.41, 5.74) is -27.1. The highest BCUT2D eigenvalue weighted by molar-refractivity contribution is 7.87. The third-order valence-electron chi connectivity index (χ3n) is 13.6. The Balaban J connectivity index is 0.0000160. The number of hydrogen-bond acceptors (Lipinski definition) is 10. The highest BCUT2D eigenvalue weighted by Gasteiger charge is 3.04. The molecule has 0 amide bonds. The van der Waals surface area contributed by atoms with Crippen LogP contribution < -0.4 is 18.9 Å². The largest absolute Gasteiger partial charge is 0.497 e. The van der Waals surface area contributed by atoms with Gasteiger partial charge >= 0.3 is 121 Å². The third kappa shape index (κ3) is 12.7. The van der Waals surface area contributed by atoms with Crippen molar-refractivity contribution in [3.8, 4) is 34.1 Å². The van der Waals surface area contributed by atoms with E-state index in [9.17, 15) is 100 Å². The van der Waals surface area contributed by atoms with Gasteiger partial charge in [0.25, 0.3) is 5.67 Å². The summed E-state index contributed by atoms with van der Waals surface area (Å²) in [6.07, 6.45) is -44.7. The highest BCUT2D eigenvalue weighted by Crippen LogP contribution is 2.71. The van der Waals surface area contributed by atoms with Crippen molar-refractivity contribution in [1.82, 2.24) is 0 Å². The van der Waals surface area contributed by atoms with Gasteiger partial charge in [-0.25, -0.2) is 13.9 Å². The van der Waals surface area contributed by atoms with Crippen molar-refractivity contribution in [1.29, 1.82) is 0 Å². The Labute approximate surface area is 534 Å². The van der Waals surface area contributed by atoms with Crippen LogP contribution in [-0.2, 0) is 47.0 Å². The molecular weight excluding hydrogens is 1510 g/mol. The number of methoxy groups -OCH3 is 1. The predicted octanol–water partition coefficient (Wildman–Crippen LogP) is 19.3. The summed E-state index contributed by atoms with van der Waals surface area (Å²) < 4.78 is 589. The van der Waals surface area contributed by atoms with Crippen LogP contribution in [0.1, 0.15) is 73.7 Å². The van der Waals surface area contributed by atoms with Gasteiger partial charge < -0.3 is 18.9 Å². The number of ether oxygens (including phenoxy) is 6. The van der Waals surface area contributed by atoms with Gasteiger partial charge in [0.1, 0.15) is 23.0 Å². The van der Waals surface area contributed by atoms with Crippen molar-refractivity contribution in [3.63, 3.8) is 0 Å². The summed E-state index contributed by atoms with van der Waals surface area (Å²) in [5, 5.41) is -15.2. The summed E-state index contributed by atoms with van der Waals surface area (Å²) >= 11 is 0. The number of alkyl halides is 34. The first kappa shape index (κ1) is 92.4. The summed E-state index contributed by atoms with van der Waals surface area (Å²) in [7, 11) is -15.0. The fraction of sp³-hybridized carbons (Fsp3) is 0.529. The molecule has 2 aliphatic rings. The highest BCUT2D eigenvalue weighted by atomic mass is 32.2. The zero-order valence-corrected chi connectivity index (χ0v) is 44.9. The predicted molar refractivity (Wildman–Crippen MR) is 270 cm³/mol. The normalized spacial score (nSPS) is 22.7. The van der Waals surface area contributed by atoms with Crippen LogP contribution in [0.4, 0.5) is 149 Å². The van der Waals surface area contributed by atoms with E-state index in [0.717, 1.165) is 7.11 Å². The Morgan fingerprint density at radius 1 is 0.364 bits per heavy atom. The van der Waals surface area contributed by atoms with Crippen LogP contribution in [-0.4, -0.2) is 127 Å². The molecule has 2 saturated carbocycles. The van der Waals surface area contributed by atoms with Gasteiger partial charge in [-0.3, -0.25) is 9.11 Å². The van der Waals surface area contributed by atoms with Crippen LogP contribution >= 0.6 is 0 Å². The van der Waals surface area contributed by atoms with Crippen LogP contribution in [0, 0.1) is 0 Å². The molecule has 99 heavy (non-hydrogen) atoms. The minimum absolute atomic E-state index is 0. The monoisotopic (exact) mass is 1560 g/mol. The Hall–Kier alpha value is -6.56. The minimum atomic E-state index is -8.00. The molecular formula is C51H46F34O12S2. The van der Waals surface area contributed by atoms with Crippen LogP contribution in [0.15, 0.2) is 84.9 Å². The molecule has 12 nitrogen and oxygen atoms in total. The van der Waals surface area contributed by atoms with E-state index in [1.165, 1.54) is 0 Å². The molecule has 0 spiro atoms. The Morgan fingerprint density at radius 3 is 0.909 bits per heavy atom. The van der Waals surface area contributed by atoms with E-state index in [1.54, 1.807) is 0 Å². The van der Waals surface area contributed by atoms with E-state index in [-0.39, 0.29) is 56.7 Å². The first-order valence-corrected chi connectivity index (χ1v) is 25.8. The molecule has 0 saturated heterocycles. The first-order chi connectivity index (χ1) is 41.0. The Bertz CT molecular complexity index is 3740. The molecule has 0 bridgehead atoms. The molecule has 4 aromatic carbocycles. The van der Waals surface area contributed by atoms with Gasteiger partial charge in [0.15, 0.2) is 0 Å². The molecule has 6 rings (SSSR count). The van der Waals surface area contributed by atoms with Gasteiger partial charge in [-0.2, -0.15) is 162 Å². The molecule has 48 heteroatoms. The quantitative estimate of drug-likeness (QED) is 0.0566. The lowest BCUT2D eigenvalue weighted by molar-refractivity contribution is -0.527. The first-order valence-electron chi connectivity index (χ1n) is 22.9. The maximum atomic E-state index is 16.7. The van der Waals surface area contributed by atoms with E-state index in [2.05, 4.69) is 18.9 Å². The zero-order valence-electron chi connectivity index (χ0n) is 43.2. The second-order valence-electron chi connectivity index (χ2n) is 19.2. The molecule has 4 unspecified atom stereocenters. The summed E-state index contributed by atoms with van der Waals surface area (Å²) in [6.45, 7) is -0.953. The smallest absolute Gasteiger partial charge is 0.460 e. The lowest BCUT2D eigenvalue weighted by atomic mass is 9.69. The maximum absolute atomic E-state index is 16.7. The number of hydrogen-bond donors (Lipinski definition) is 2. The molecule has 2 aliphatic carbocycles. The summed E-state index contributed by atoms with van der Waals surface area (Å²) in [5.74, 6) is -72.0. The minimum Gasteiger partial charge on any atom is -0.497 e. The molecule has 0 heterocycles. The molecule has 2 fully saturated rings. The van der Waals surface area contributed by atoms with Crippen LogP contribution in [0.25, 0.3) is 11.1 Å². The van der Waals surface area contributed by atoms with Gasteiger partial charge in [-0.15, -0.1) is 0 Å². The average molecular weight is 1560 g/mol. The zero-order chi connectivity index (χ0) is 72.4. The fourth-order valence-corrected chi connectivity index (χ4v) is 9.11. The van der Waals surface area contributed by atoms with Crippen molar-refractivity contribution in [2.45, 2.75) is 163 Å². The van der Waals surface area contributed by atoms with E-state index >= 15 is 65.9 Å². The van der Waals surface area contributed by atoms with Crippen LogP contribution in [0.2, 0.25) is 0 Å². The Kier molecular flexibility index (Phi) is 24.3. The third-order valence-corrected chi connectivity index (χ3v) is 15.3. The fourth-order valence-electron chi connectivity index (χ4n) is 8.43. The van der Waals surface area contributed by atoms with Gasteiger partial charge in [-0.05, 0) is 77.7 Å².